The largest absolute Gasteiger partial charge is 0.480 e. The van der Waals surface area contributed by atoms with Crippen LogP contribution < -0.4 is 0 Å². The molecular formula is C12H23N2O10P. The van der Waals surface area contributed by atoms with Crippen LogP contribution in [-0.2, 0) is 23.4 Å². The number of ether oxygens (including phenoxy) is 2. The van der Waals surface area contributed by atoms with Crippen LogP contribution in [0.3, 0.4) is 0 Å². The highest BCUT2D eigenvalue weighted by Crippen LogP contribution is 2.35. The van der Waals surface area contributed by atoms with Gasteiger partial charge in [0.1, 0.15) is 6.54 Å². The van der Waals surface area contributed by atoms with Crippen LogP contribution in [0.25, 0.3) is 0 Å². The first-order valence-electron chi connectivity index (χ1n) is 7.14. The van der Waals surface area contributed by atoms with E-state index in [1.54, 1.807) is 0 Å². The predicted molar refractivity (Wildman–Crippen MR) is 82.5 cm³/mol. The van der Waals surface area contributed by atoms with E-state index in [1.807, 2.05) is 13.8 Å². The fourth-order valence-electron chi connectivity index (χ4n) is 1.35. The molecule has 0 atom stereocenters. The summed E-state index contributed by atoms with van der Waals surface area (Å²) in [5.74, 6) is -1.19. The van der Waals surface area contributed by atoms with Crippen molar-refractivity contribution in [1.82, 2.24) is 9.80 Å². The van der Waals surface area contributed by atoms with Crippen molar-refractivity contribution in [2.75, 3.05) is 40.1 Å². The van der Waals surface area contributed by atoms with Gasteiger partial charge in [-0.3, -0.25) is 9.69 Å². The van der Waals surface area contributed by atoms with Crippen LogP contribution >= 0.6 is 7.82 Å². The van der Waals surface area contributed by atoms with Crippen molar-refractivity contribution >= 4 is 26.0 Å². The van der Waals surface area contributed by atoms with Gasteiger partial charge in [0.15, 0.2) is 0 Å². The van der Waals surface area contributed by atoms with Crippen molar-refractivity contribution in [1.29, 1.82) is 0 Å². The topological polar surface area (TPSA) is 163 Å². The highest BCUT2D eigenvalue weighted by Gasteiger charge is 2.22. The van der Waals surface area contributed by atoms with Gasteiger partial charge in [-0.05, 0) is 5.92 Å². The maximum Gasteiger partial charge on any atom is 0.472 e. The summed E-state index contributed by atoms with van der Waals surface area (Å²) in [7, 11) is -3.41. The maximum atomic E-state index is 11.7. The zero-order chi connectivity index (χ0) is 19.6. The van der Waals surface area contributed by atoms with E-state index in [0.717, 1.165) is 9.80 Å². The first kappa shape index (κ1) is 23.1. The summed E-state index contributed by atoms with van der Waals surface area (Å²) >= 11 is 0. The van der Waals surface area contributed by atoms with Gasteiger partial charge in [0.05, 0.1) is 6.61 Å². The molecule has 25 heavy (non-hydrogen) atoms. The average Bonchev–Trinajstić information content (AvgIpc) is 2.46. The first-order valence-corrected chi connectivity index (χ1v) is 8.67. The third kappa shape index (κ3) is 12.2. The van der Waals surface area contributed by atoms with Gasteiger partial charge >= 0.3 is 26.0 Å². The smallest absolute Gasteiger partial charge is 0.472 e. The van der Waals surface area contributed by atoms with E-state index >= 15 is 0 Å². The number of carboxylic acids is 1. The second-order valence-electron chi connectivity index (χ2n) is 5.36. The van der Waals surface area contributed by atoms with Crippen LogP contribution in [0.4, 0.5) is 9.59 Å². The molecule has 0 spiro atoms. The van der Waals surface area contributed by atoms with Crippen LogP contribution in [0.5, 0.6) is 0 Å². The number of carboxylic acid groups (broad SMARTS) is 1. The van der Waals surface area contributed by atoms with Crippen molar-refractivity contribution in [3.05, 3.63) is 0 Å². The molecular weight excluding hydrogens is 363 g/mol. The summed E-state index contributed by atoms with van der Waals surface area (Å²) in [6.45, 7) is 1.90. The Balaban J connectivity index is 4.51. The molecule has 2 amide bonds. The monoisotopic (exact) mass is 386 g/mol. The van der Waals surface area contributed by atoms with Crippen molar-refractivity contribution in [3.63, 3.8) is 0 Å². The average molecular weight is 386 g/mol. The number of phosphoric acid groups is 1. The van der Waals surface area contributed by atoms with Crippen LogP contribution in [0, 0.1) is 5.92 Å². The molecule has 0 aromatic rings. The molecule has 0 saturated heterocycles. The normalized spacial score (nSPS) is 11.1. The maximum absolute atomic E-state index is 11.7. The van der Waals surface area contributed by atoms with E-state index in [-0.39, 0.29) is 25.6 Å². The second-order valence-corrected chi connectivity index (χ2v) is 6.59. The fraction of sp³-hybridized carbons (Fsp3) is 0.750. The summed E-state index contributed by atoms with van der Waals surface area (Å²) in [6, 6.07) is 0. The highest BCUT2D eigenvalue weighted by atomic mass is 31.2. The number of carbonyl (C=O) groups excluding carboxylic acids is 2. The lowest BCUT2D eigenvalue weighted by atomic mass is 10.2. The summed E-state index contributed by atoms with van der Waals surface area (Å²) in [6.07, 6.45) is -1.80. The minimum Gasteiger partial charge on any atom is -0.480 e. The minimum atomic E-state index is -4.82. The number of likely N-dealkylation sites (N-methyl/N-ethyl adjacent to an activating group) is 1. The van der Waals surface area contributed by atoms with Crippen molar-refractivity contribution < 1.29 is 47.8 Å². The first-order chi connectivity index (χ1) is 11.4. The van der Waals surface area contributed by atoms with Gasteiger partial charge in [0.25, 0.3) is 0 Å². The molecule has 0 fully saturated rings. The van der Waals surface area contributed by atoms with Crippen LogP contribution in [0.1, 0.15) is 13.8 Å². The molecule has 0 aliphatic carbocycles. The summed E-state index contributed by atoms with van der Waals surface area (Å²) in [4.78, 5) is 53.0. The molecule has 0 rings (SSSR count). The van der Waals surface area contributed by atoms with Crippen LogP contribution in [0.15, 0.2) is 0 Å². The lowest BCUT2D eigenvalue weighted by Gasteiger charge is -2.23. The Morgan fingerprint density at radius 2 is 1.68 bits per heavy atom. The van der Waals surface area contributed by atoms with Crippen LogP contribution in [0.2, 0.25) is 0 Å². The van der Waals surface area contributed by atoms with Crippen molar-refractivity contribution in [2.24, 2.45) is 5.92 Å². The zero-order valence-corrected chi connectivity index (χ0v) is 15.0. The third-order valence-electron chi connectivity index (χ3n) is 2.54. The fourth-order valence-corrected chi connectivity index (χ4v) is 1.54. The van der Waals surface area contributed by atoms with Crippen molar-refractivity contribution in [3.8, 4) is 0 Å². The van der Waals surface area contributed by atoms with Crippen LogP contribution in [-0.4, -0.2) is 82.9 Å². The summed E-state index contributed by atoms with van der Waals surface area (Å²) in [5.41, 5.74) is 0. The number of rotatable bonds is 10. The Hall–Kier alpha value is -1.88. The summed E-state index contributed by atoms with van der Waals surface area (Å²) in [5, 5.41) is 8.80. The zero-order valence-electron chi connectivity index (χ0n) is 14.2. The standard InChI is InChI=1S/C12H23N2O10P/c1-9(2)7-22-11(17)13(3)4-5-14(6-10(15)16)12(18)23-8-24-25(19,20)21/h9H,4-8H2,1-3H3,(H,15,16)(H2,19,20,21). The van der Waals surface area contributed by atoms with Gasteiger partial charge in [-0.25, -0.2) is 18.7 Å². The minimum absolute atomic E-state index is 0.0430. The third-order valence-corrected chi connectivity index (χ3v) is 2.99. The molecule has 0 aromatic carbocycles. The summed E-state index contributed by atoms with van der Waals surface area (Å²) < 4.78 is 23.8. The van der Waals surface area contributed by atoms with Gasteiger partial charge in [-0.2, -0.15) is 0 Å². The molecule has 0 radical (unpaired) electrons. The predicted octanol–water partition coefficient (Wildman–Crippen LogP) is 0.301. The Morgan fingerprint density at radius 1 is 1.08 bits per heavy atom. The van der Waals surface area contributed by atoms with E-state index in [0.29, 0.717) is 0 Å². The molecule has 0 aliphatic heterocycles. The molecule has 146 valence electrons. The number of carbonyl (C=O) groups is 3. The van der Waals surface area contributed by atoms with Gasteiger partial charge in [0, 0.05) is 20.1 Å². The van der Waals surface area contributed by atoms with E-state index in [2.05, 4.69) is 9.26 Å². The van der Waals surface area contributed by atoms with Gasteiger partial charge in [-0.1, -0.05) is 13.8 Å². The number of hydrogen-bond donors (Lipinski definition) is 3. The molecule has 0 bridgehead atoms. The Bertz CT molecular complexity index is 506. The van der Waals surface area contributed by atoms with E-state index in [1.165, 1.54) is 7.05 Å². The second kappa shape index (κ2) is 10.9. The Kier molecular flexibility index (Phi) is 10.1. The van der Waals surface area contributed by atoms with Gasteiger partial charge in [0.2, 0.25) is 6.79 Å². The molecule has 0 aromatic heterocycles. The van der Waals surface area contributed by atoms with E-state index in [4.69, 9.17) is 19.6 Å². The molecule has 12 nitrogen and oxygen atoms in total. The van der Waals surface area contributed by atoms with E-state index in [9.17, 15) is 18.9 Å². The molecule has 3 N–H and O–H groups in total. The number of phosphoric ester groups is 1. The molecule has 0 aliphatic rings. The lowest BCUT2D eigenvalue weighted by Crippen LogP contribution is -2.42. The molecule has 13 heteroatoms. The van der Waals surface area contributed by atoms with Crippen molar-refractivity contribution in [2.45, 2.75) is 13.8 Å². The lowest BCUT2D eigenvalue weighted by molar-refractivity contribution is -0.138. The highest BCUT2D eigenvalue weighted by molar-refractivity contribution is 7.46. The van der Waals surface area contributed by atoms with E-state index < -0.39 is 39.3 Å². The SMILES string of the molecule is CC(C)COC(=O)N(C)CCN(CC(=O)O)C(=O)OCOP(=O)(O)O. The molecule has 0 unspecified atom stereocenters. The quantitative estimate of drug-likeness (QED) is 0.351. The number of amides is 2. The molecule has 0 saturated carbocycles. The van der Waals surface area contributed by atoms with Gasteiger partial charge in [-0.15, -0.1) is 0 Å². The number of aliphatic carboxylic acids is 1. The number of hydrogen-bond acceptors (Lipinski definition) is 7. The van der Waals surface area contributed by atoms with Gasteiger partial charge < -0.3 is 29.3 Å². The number of nitrogens with zero attached hydrogens (tertiary/aromatic N) is 2. The Labute approximate surface area is 144 Å². The Morgan fingerprint density at radius 3 is 2.16 bits per heavy atom. The molecule has 0 heterocycles.